The topological polar surface area (TPSA) is 97.3 Å². The van der Waals surface area contributed by atoms with Gasteiger partial charge in [0.05, 0.1) is 17.1 Å². The van der Waals surface area contributed by atoms with Gasteiger partial charge in [-0.1, -0.05) is 48.0 Å². The first-order valence-electron chi connectivity index (χ1n) is 10.3. The Kier molecular flexibility index (Phi) is 8.12. The van der Waals surface area contributed by atoms with Gasteiger partial charge in [-0.2, -0.15) is 0 Å². The fourth-order valence-electron chi connectivity index (χ4n) is 3.12. The summed E-state index contributed by atoms with van der Waals surface area (Å²) in [7, 11) is 1.54. The summed E-state index contributed by atoms with van der Waals surface area (Å²) < 4.78 is 11.9. The minimum Gasteiger partial charge on any atom is -0.496 e. The van der Waals surface area contributed by atoms with E-state index in [4.69, 9.17) is 21.1 Å². The number of ether oxygens (including phenoxy) is 2. The van der Waals surface area contributed by atoms with Crippen molar-refractivity contribution in [3.8, 4) is 22.9 Å². The lowest BCUT2D eigenvalue weighted by molar-refractivity contribution is -0.131. The van der Waals surface area contributed by atoms with Gasteiger partial charge in [-0.25, -0.2) is 9.78 Å². The fraction of sp³-hybridized carbons (Fsp3) is 0.0800. The summed E-state index contributed by atoms with van der Waals surface area (Å²) in [6.07, 6.45) is 1.55. The van der Waals surface area contributed by atoms with Crippen molar-refractivity contribution < 1.29 is 19.4 Å². The van der Waals surface area contributed by atoms with Crippen LogP contribution >= 0.6 is 39.3 Å². The molecule has 0 aliphatic heterocycles. The minimum atomic E-state index is -1.10. The smallest absolute Gasteiger partial charge is 0.342 e. The zero-order valence-electron chi connectivity index (χ0n) is 18.4. The first-order valence-corrected chi connectivity index (χ1v) is 12.3. The third kappa shape index (κ3) is 6.45. The average Bonchev–Trinajstić information content (AvgIpc) is 3.32. The van der Waals surface area contributed by atoms with E-state index in [9.17, 15) is 9.90 Å². The number of nitrogens with one attached hydrogen (secondary N) is 1. The lowest BCUT2D eigenvalue weighted by atomic mass is 10.2. The third-order valence-electron chi connectivity index (χ3n) is 4.78. The fourth-order valence-corrected chi connectivity index (χ4v) is 4.51. The molecule has 1 aromatic heterocycles. The highest BCUT2D eigenvalue weighted by Crippen LogP contribution is 2.34. The Bertz CT molecular complexity index is 1380. The summed E-state index contributed by atoms with van der Waals surface area (Å²) in [4.78, 5) is 16.4. The highest BCUT2D eigenvalue weighted by molar-refractivity contribution is 9.10. The number of carboxylic acids is 1. The summed E-state index contributed by atoms with van der Waals surface area (Å²) in [6.45, 7) is 0.426. The SMILES string of the molecule is COc1ccc(Cl)cc1-c1nc(S/C(=C\c2ccc(OCc3ccccc3)c(Br)c2)C(=O)O)n[nH]1. The number of thioether (sulfide) groups is 1. The summed E-state index contributed by atoms with van der Waals surface area (Å²) in [6, 6.07) is 20.3. The molecule has 0 saturated carbocycles. The number of H-pyrrole nitrogens is 1. The van der Waals surface area contributed by atoms with E-state index in [0.29, 0.717) is 44.6 Å². The van der Waals surface area contributed by atoms with Crippen molar-refractivity contribution >= 4 is 51.3 Å². The second-order valence-electron chi connectivity index (χ2n) is 7.19. The molecule has 3 aromatic carbocycles. The summed E-state index contributed by atoms with van der Waals surface area (Å²) in [5, 5.41) is 17.5. The van der Waals surface area contributed by atoms with E-state index >= 15 is 0 Å². The molecule has 0 spiro atoms. The number of aromatic nitrogens is 3. The lowest BCUT2D eigenvalue weighted by Gasteiger charge is -2.09. The van der Waals surface area contributed by atoms with E-state index in [0.717, 1.165) is 17.3 Å². The van der Waals surface area contributed by atoms with E-state index < -0.39 is 5.97 Å². The highest BCUT2D eigenvalue weighted by Gasteiger charge is 2.17. The Balaban J connectivity index is 1.51. The van der Waals surface area contributed by atoms with Crippen LogP contribution in [0.2, 0.25) is 5.02 Å². The number of methoxy groups -OCH3 is 1. The molecule has 0 unspecified atom stereocenters. The molecule has 2 N–H and O–H groups in total. The normalized spacial score (nSPS) is 11.3. The van der Waals surface area contributed by atoms with Crippen molar-refractivity contribution in [2.24, 2.45) is 0 Å². The van der Waals surface area contributed by atoms with Crippen molar-refractivity contribution in [2.45, 2.75) is 11.8 Å². The highest BCUT2D eigenvalue weighted by atomic mass is 79.9. The van der Waals surface area contributed by atoms with Crippen molar-refractivity contribution in [3.63, 3.8) is 0 Å². The van der Waals surface area contributed by atoms with Crippen LogP contribution in [0.5, 0.6) is 11.5 Å². The molecule has 0 amide bonds. The molecule has 0 radical (unpaired) electrons. The van der Waals surface area contributed by atoms with Gasteiger partial charge in [-0.3, -0.25) is 5.10 Å². The molecule has 0 bridgehead atoms. The number of hydrogen-bond donors (Lipinski definition) is 2. The van der Waals surface area contributed by atoms with Crippen LogP contribution in [0.4, 0.5) is 0 Å². The quantitative estimate of drug-likeness (QED) is 0.170. The first-order chi connectivity index (χ1) is 16.9. The monoisotopic (exact) mass is 571 g/mol. The number of hydrogen-bond acceptors (Lipinski definition) is 6. The predicted octanol–water partition coefficient (Wildman–Crippen LogP) is 6.69. The largest absolute Gasteiger partial charge is 0.496 e. The van der Waals surface area contributed by atoms with Gasteiger partial charge >= 0.3 is 5.97 Å². The average molecular weight is 573 g/mol. The molecule has 0 aliphatic rings. The summed E-state index contributed by atoms with van der Waals surface area (Å²) in [5.74, 6) is 0.543. The van der Waals surface area contributed by atoms with E-state index in [1.807, 2.05) is 30.3 Å². The number of rotatable bonds is 9. The van der Waals surface area contributed by atoms with Gasteiger partial charge in [0.15, 0.2) is 5.82 Å². The number of carboxylic acid groups (broad SMARTS) is 1. The summed E-state index contributed by atoms with van der Waals surface area (Å²) >= 11 is 10.5. The molecule has 4 aromatic rings. The van der Waals surface area contributed by atoms with Gasteiger partial charge in [0.25, 0.3) is 0 Å². The molecule has 0 saturated heterocycles. The van der Waals surface area contributed by atoms with Crippen LogP contribution in [0.25, 0.3) is 17.5 Å². The standard InChI is InChI=1S/C25H19BrClN3O4S/c1-33-20-10-8-17(27)13-18(20)23-28-25(30-29-23)35-22(24(31)32)12-16-7-9-21(19(26)11-16)34-14-15-5-3-2-4-6-15/h2-13H,14H2,1H3,(H,31,32)(H,28,29,30)/b22-12-. The van der Waals surface area contributed by atoms with Gasteiger partial charge in [0.2, 0.25) is 5.16 Å². The van der Waals surface area contributed by atoms with Crippen LogP contribution in [-0.4, -0.2) is 33.4 Å². The van der Waals surface area contributed by atoms with Crippen LogP contribution in [0.1, 0.15) is 11.1 Å². The van der Waals surface area contributed by atoms with Crippen molar-refractivity contribution in [3.05, 3.63) is 92.3 Å². The Morgan fingerprint density at radius 1 is 1.14 bits per heavy atom. The van der Waals surface area contributed by atoms with Crippen LogP contribution in [0, 0.1) is 0 Å². The van der Waals surface area contributed by atoms with E-state index in [1.165, 1.54) is 0 Å². The van der Waals surface area contributed by atoms with E-state index in [2.05, 4.69) is 31.1 Å². The number of halogens is 2. The lowest BCUT2D eigenvalue weighted by Crippen LogP contribution is -1.98. The van der Waals surface area contributed by atoms with Crippen LogP contribution < -0.4 is 9.47 Å². The molecule has 10 heteroatoms. The Hall–Kier alpha value is -3.27. The van der Waals surface area contributed by atoms with Gasteiger partial charge in [-0.05, 0) is 75.2 Å². The third-order valence-corrected chi connectivity index (χ3v) is 6.52. The number of benzene rings is 3. The van der Waals surface area contributed by atoms with Crippen molar-refractivity contribution in [2.75, 3.05) is 7.11 Å². The molecule has 7 nitrogen and oxygen atoms in total. The zero-order valence-corrected chi connectivity index (χ0v) is 21.5. The minimum absolute atomic E-state index is 0.0541. The Labute approximate surface area is 219 Å². The molecular weight excluding hydrogens is 554 g/mol. The number of aromatic amines is 1. The van der Waals surface area contributed by atoms with Gasteiger partial charge in [0, 0.05) is 5.02 Å². The van der Waals surface area contributed by atoms with Gasteiger partial charge in [0.1, 0.15) is 23.0 Å². The number of aliphatic carboxylic acids is 1. The summed E-state index contributed by atoms with van der Waals surface area (Å²) in [5.41, 5.74) is 2.35. The molecular formula is C25H19BrClN3O4S. The van der Waals surface area contributed by atoms with Crippen LogP contribution in [0.15, 0.2) is 81.3 Å². The maximum Gasteiger partial charge on any atom is 0.342 e. The zero-order chi connectivity index (χ0) is 24.8. The van der Waals surface area contributed by atoms with E-state index in [-0.39, 0.29) is 10.1 Å². The number of nitrogens with zero attached hydrogens (tertiary/aromatic N) is 2. The molecule has 0 fully saturated rings. The van der Waals surface area contributed by atoms with Gasteiger partial charge < -0.3 is 14.6 Å². The van der Waals surface area contributed by atoms with E-state index in [1.54, 1.807) is 49.6 Å². The first kappa shape index (κ1) is 24.8. The molecule has 0 atom stereocenters. The van der Waals surface area contributed by atoms with Crippen LogP contribution in [0.3, 0.4) is 0 Å². The molecule has 35 heavy (non-hydrogen) atoms. The molecule has 1 heterocycles. The Morgan fingerprint density at radius 2 is 1.91 bits per heavy atom. The maximum atomic E-state index is 11.9. The van der Waals surface area contributed by atoms with Crippen LogP contribution in [-0.2, 0) is 11.4 Å². The second-order valence-corrected chi connectivity index (χ2v) is 9.49. The molecule has 0 aliphatic carbocycles. The van der Waals surface area contributed by atoms with Crippen molar-refractivity contribution in [1.29, 1.82) is 0 Å². The molecule has 178 valence electrons. The predicted molar refractivity (Wildman–Crippen MR) is 140 cm³/mol. The maximum absolute atomic E-state index is 11.9. The van der Waals surface area contributed by atoms with Gasteiger partial charge in [-0.15, -0.1) is 5.10 Å². The number of carbonyl (C=O) groups is 1. The molecule has 4 rings (SSSR count). The van der Waals surface area contributed by atoms with Crippen molar-refractivity contribution in [1.82, 2.24) is 15.2 Å². The Morgan fingerprint density at radius 3 is 2.63 bits per heavy atom. The second kappa shape index (κ2) is 11.4.